The number of rotatable bonds is 11. The predicted molar refractivity (Wildman–Crippen MR) is 66.5 cm³/mol. The third-order valence-electron chi connectivity index (χ3n) is 2.57. The summed E-state index contributed by atoms with van der Waals surface area (Å²) >= 11 is 0. The molecule has 1 unspecified atom stereocenters. The monoisotopic (exact) mass is 231 g/mol. The number of methoxy groups -OCH3 is 1. The molecule has 1 radical (unpaired) electrons. The van der Waals surface area contributed by atoms with Gasteiger partial charge in [-0.2, -0.15) is 0 Å². The van der Waals surface area contributed by atoms with Crippen LogP contribution in [0.4, 0.5) is 0 Å². The summed E-state index contributed by atoms with van der Waals surface area (Å²) in [6, 6.07) is 0. The van der Waals surface area contributed by atoms with Gasteiger partial charge < -0.3 is 14.2 Å². The number of hydrogen-bond donors (Lipinski definition) is 0. The number of hydrogen-bond acceptors (Lipinski definition) is 3. The van der Waals surface area contributed by atoms with E-state index in [9.17, 15) is 0 Å². The Balaban J connectivity index is 3.04. The van der Waals surface area contributed by atoms with Crippen LogP contribution in [0.3, 0.4) is 0 Å². The summed E-state index contributed by atoms with van der Waals surface area (Å²) in [5, 5.41) is 0. The lowest BCUT2D eigenvalue weighted by atomic mass is 9.99. The van der Waals surface area contributed by atoms with Gasteiger partial charge in [0.25, 0.3) is 0 Å². The van der Waals surface area contributed by atoms with E-state index in [4.69, 9.17) is 14.2 Å². The Hall–Kier alpha value is -0.120. The predicted octanol–water partition coefficient (Wildman–Crippen LogP) is 2.70. The fourth-order valence-electron chi connectivity index (χ4n) is 1.10. The highest BCUT2D eigenvalue weighted by Crippen LogP contribution is 2.11. The fraction of sp³-hybridized carbons (Fsp3) is 0.923. The minimum atomic E-state index is 0.558. The molecule has 0 saturated carbocycles. The lowest BCUT2D eigenvalue weighted by Crippen LogP contribution is -2.12. The van der Waals surface area contributed by atoms with Crippen LogP contribution in [0.1, 0.15) is 33.6 Å². The molecule has 0 aliphatic carbocycles. The average molecular weight is 231 g/mol. The molecule has 0 aliphatic rings. The Labute approximate surface area is 100 Å². The van der Waals surface area contributed by atoms with E-state index in [1.807, 2.05) is 0 Å². The van der Waals surface area contributed by atoms with Crippen LogP contribution in [-0.2, 0) is 14.2 Å². The van der Waals surface area contributed by atoms with Gasteiger partial charge in [-0.3, -0.25) is 0 Å². The molecule has 0 amide bonds. The highest BCUT2D eigenvalue weighted by atomic mass is 16.5. The van der Waals surface area contributed by atoms with Gasteiger partial charge in [0.2, 0.25) is 0 Å². The van der Waals surface area contributed by atoms with Gasteiger partial charge in [0.05, 0.1) is 0 Å². The lowest BCUT2D eigenvalue weighted by Gasteiger charge is -2.14. The first-order valence-electron chi connectivity index (χ1n) is 6.13. The molecule has 0 aromatic carbocycles. The molecule has 0 bridgehead atoms. The van der Waals surface area contributed by atoms with Crippen LogP contribution < -0.4 is 0 Å². The molecule has 0 spiro atoms. The minimum absolute atomic E-state index is 0.558. The van der Waals surface area contributed by atoms with Crippen molar-refractivity contribution in [2.45, 2.75) is 33.6 Å². The Kier molecular flexibility index (Phi) is 11.3. The van der Waals surface area contributed by atoms with Crippen molar-refractivity contribution >= 4 is 0 Å². The van der Waals surface area contributed by atoms with Crippen molar-refractivity contribution in [3.8, 4) is 0 Å². The van der Waals surface area contributed by atoms with Gasteiger partial charge >= 0.3 is 0 Å². The van der Waals surface area contributed by atoms with E-state index >= 15 is 0 Å². The molecule has 3 nitrogen and oxygen atoms in total. The molecule has 0 heterocycles. The molecular formula is C13H27O3. The van der Waals surface area contributed by atoms with E-state index in [1.165, 1.54) is 5.92 Å². The second-order valence-electron chi connectivity index (χ2n) is 4.37. The zero-order valence-corrected chi connectivity index (χ0v) is 11.3. The minimum Gasteiger partial charge on any atom is -0.385 e. The van der Waals surface area contributed by atoms with Crippen LogP contribution in [-0.4, -0.2) is 40.1 Å². The van der Waals surface area contributed by atoms with Gasteiger partial charge in [-0.05, 0) is 24.7 Å². The molecule has 1 atom stereocenters. The quantitative estimate of drug-likeness (QED) is 0.512. The van der Waals surface area contributed by atoms with E-state index in [2.05, 4.69) is 20.8 Å². The zero-order valence-electron chi connectivity index (χ0n) is 11.3. The van der Waals surface area contributed by atoms with E-state index < -0.39 is 0 Å². The first kappa shape index (κ1) is 15.9. The Bertz CT molecular complexity index is 137. The largest absolute Gasteiger partial charge is 0.385 e. The third kappa shape index (κ3) is 10.4. The zero-order chi connectivity index (χ0) is 12.2. The van der Waals surface area contributed by atoms with Crippen LogP contribution in [0.25, 0.3) is 0 Å². The molecule has 0 aromatic heterocycles. The molecule has 0 aromatic rings. The Morgan fingerprint density at radius 1 is 0.938 bits per heavy atom. The molecule has 16 heavy (non-hydrogen) atoms. The molecule has 0 fully saturated rings. The second kappa shape index (κ2) is 11.4. The van der Waals surface area contributed by atoms with Gasteiger partial charge in [0, 0.05) is 40.1 Å². The van der Waals surface area contributed by atoms with Crippen LogP contribution in [0.5, 0.6) is 0 Å². The molecule has 3 heteroatoms. The second-order valence-corrected chi connectivity index (χ2v) is 4.37. The molecule has 0 rings (SSSR count). The maximum absolute atomic E-state index is 5.56. The van der Waals surface area contributed by atoms with Crippen molar-refractivity contribution < 1.29 is 14.2 Å². The van der Waals surface area contributed by atoms with Gasteiger partial charge in [-0.1, -0.05) is 20.8 Å². The van der Waals surface area contributed by atoms with Crippen molar-refractivity contribution in [1.82, 2.24) is 0 Å². The van der Waals surface area contributed by atoms with E-state index in [1.54, 1.807) is 7.11 Å². The standard InChI is InChI=1S/C13H27O3/c1-12(2)13(3)11-16-10-6-9-15-8-5-7-14-4/h13H,5-11H2,1-4H3. The molecule has 0 saturated heterocycles. The summed E-state index contributed by atoms with van der Waals surface area (Å²) in [6.45, 7) is 10.4. The van der Waals surface area contributed by atoms with Gasteiger partial charge in [0.15, 0.2) is 0 Å². The van der Waals surface area contributed by atoms with E-state index in [-0.39, 0.29) is 0 Å². The van der Waals surface area contributed by atoms with Gasteiger partial charge in [0.1, 0.15) is 0 Å². The summed E-state index contributed by atoms with van der Waals surface area (Å²) in [5.74, 6) is 1.98. The summed E-state index contributed by atoms with van der Waals surface area (Å²) in [6.07, 6.45) is 1.95. The fourth-order valence-corrected chi connectivity index (χ4v) is 1.10. The number of ether oxygens (including phenoxy) is 3. The first-order chi connectivity index (χ1) is 7.68. The highest BCUT2D eigenvalue weighted by Gasteiger charge is 2.06. The smallest absolute Gasteiger partial charge is 0.0496 e. The van der Waals surface area contributed by atoms with Crippen molar-refractivity contribution in [3.63, 3.8) is 0 Å². The van der Waals surface area contributed by atoms with Crippen molar-refractivity contribution in [1.29, 1.82) is 0 Å². The Morgan fingerprint density at radius 2 is 1.50 bits per heavy atom. The molecule has 0 N–H and O–H groups in total. The topological polar surface area (TPSA) is 27.7 Å². The average Bonchev–Trinajstić information content (AvgIpc) is 2.26. The molecule has 0 aliphatic heterocycles. The SMILES string of the molecule is COCCCOCCCOCC(C)[C](C)C. The maximum atomic E-state index is 5.56. The van der Waals surface area contributed by atoms with Crippen LogP contribution in [0.2, 0.25) is 0 Å². The first-order valence-corrected chi connectivity index (χ1v) is 6.13. The van der Waals surface area contributed by atoms with E-state index in [0.717, 1.165) is 45.9 Å². The van der Waals surface area contributed by atoms with E-state index in [0.29, 0.717) is 5.92 Å². The van der Waals surface area contributed by atoms with Crippen LogP contribution >= 0.6 is 0 Å². The summed E-state index contributed by atoms with van der Waals surface area (Å²) in [7, 11) is 1.71. The molecular weight excluding hydrogens is 204 g/mol. The van der Waals surface area contributed by atoms with Crippen LogP contribution in [0.15, 0.2) is 0 Å². The lowest BCUT2D eigenvalue weighted by molar-refractivity contribution is 0.0632. The van der Waals surface area contributed by atoms with Gasteiger partial charge in [-0.25, -0.2) is 0 Å². The summed E-state index contributed by atoms with van der Waals surface area (Å²) in [4.78, 5) is 0. The van der Waals surface area contributed by atoms with Gasteiger partial charge in [-0.15, -0.1) is 0 Å². The normalized spacial score (nSPS) is 13.3. The maximum Gasteiger partial charge on any atom is 0.0496 e. The van der Waals surface area contributed by atoms with Crippen molar-refractivity contribution in [2.24, 2.45) is 5.92 Å². The summed E-state index contributed by atoms with van der Waals surface area (Å²) < 4.78 is 15.9. The Morgan fingerprint density at radius 3 is 2.06 bits per heavy atom. The molecule has 97 valence electrons. The summed E-state index contributed by atoms with van der Waals surface area (Å²) in [5.41, 5.74) is 0. The third-order valence-corrected chi connectivity index (χ3v) is 2.57. The highest BCUT2D eigenvalue weighted by molar-refractivity contribution is 4.83. The van der Waals surface area contributed by atoms with Crippen molar-refractivity contribution in [2.75, 3.05) is 40.1 Å². The van der Waals surface area contributed by atoms with Crippen LogP contribution in [0, 0.1) is 11.8 Å². The van der Waals surface area contributed by atoms with Crippen molar-refractivity contribution in [3.05, 3.63) is 5.92 Å².